The molecule has 0 aromatic rings. The summed E-state index contributed by atoms with van der Waals surface area (Å²) >= 11 is 0. The van der Waals surface area contributed by atoms with E-state index in [0.29, 0.717) is 0 Å². The van der Waals surface area contributed by atoms with Crippen molar-refractivity contribution in [1.29, 1.82) is 0 Å². The summed E-state index contributed by atoms with van der Waals surface area (Å²) in [7, 11) is 0. The molecular weight excluding hydrogens is 346 g/mol. The zero-order valence-corrected chi connectivity index (χ0v) is 15.0. The average molecular weight is 371 g/mol. The first kappa shape index (κ1) is 23.0. The number of amides is 3. The van der Waals surface area contributed by atoms with Gasteiger partial charge in [0.05, 0.1) is 19.6 Å². The number of esters is 2. The van der Waals surface area contributed by atoms with E-state index in [1.54, 1.807) is 0 Å². The second-order valence-corrected chi connectivity index (χ2v) is 5.08. The number of hydrogen-bond donors (Lipinski definition) is 3. The Kier molecular flexibility index (Phi) is 11.7. The van der Waals surface area contributed by atoms with Crippen LogP contribution >= 0.6 is 0 Å². The Hall–Kier alpha value is -3.04. The molecule has 0 atom stereocenters. The van der Waals surface area contributed by atoms with Crippen molar-refractivity contribution in [2.24, 2.45) is 0 Å². The van der Waals surface area contributed by atoms with Gasteiger partial charge in [-0.15, -0.1) is 0 Å². The van der Waals surface area contributed by atoms with Crippen LogP contribution < -0.4 is 16.0 Å². The summed E-state index contributed by atoms with van der Waals surface area (Å²) in [6.45, 7) is 10.2. The molecule has 146 valence electrons. The third kappa shape index (κ3) is 12.4. The van der Waals surface area contributed by atoms with Gasteiger partial charge >= 0.3 is 24.1 Å². The molecule has 0 aromatic carbocycles. The molecule has 0 aliphatic rings. The number of rotatable bonds is 11. The second-order valence-electron chi connectivity index (χ2n) is 5.08. The lowest BCUT2D eigenvalue weighted by molar-refractivity contribution is -0.139. The Balaban J connectivity index is 3.57. The minimum absolute atomic E-state index is 0.00258. The van der Waals surface area contributed by atoms with Gasteiger partial charge in [0.2, 0.25) is 0 Å². The average Bonchev–Trinajstić information content (AvgIpc) is 2.58. The maximum Gasteiger partial charge on any atom is 0.407 e. The first-order valence-electron chi connectivity index (χ1n) is 7.81. The van der Waals surface area contributed by atoms with E-state index in [0.717, 1.165) is 0 Å². The number of nitrogens with one attached hydrogen (secondary N) is 3. The van der Waals surface area contributed by atoms with Gasteiger partial charge in [-0.05, 0) is 13.8 Å². The number of alkyl carbamates (subject to hydrolysis) is 1. The van der Waals surface area contributed by atoms with Crippen LogP contribution in [0.5, 0.6) is 0 Å². The third-order valence-electron chi connectivity index (χ3n) is 2.54. The highest BCUT2D eigenvalue weighted by Gasteiger charge is 2.06. The smallest absolute Gasteiger partial charge is 0.407 e. The largest absolute Gasteiger partial charge is 0.460 e. The summed E-state index contributed by atoms with van der Waals surface area (Å²) in [6, 6.07) is -0.493. The molecule has 0 fully saturated rings. The normalized spacial score (nSPS) is 9.46. The van der Waals surface area contributed by atoms with Crippen LogP contribution in [0.15, 0.2) is 24.3 Å². The monoisotopic (exact) mass is 371 g/mol. The molecule has 10 heteroatoms. The van der Waals surface area contributed by atoms with E-state index in [1.165, 1.54) is 13.8 Å². The van der Waals surface area contributed by atoms with E-state index < -0.39 is 24.1 Å². The van der Waals surface area contributed by atoms with Crippen LogP contribution in [-0.2, 0) is 23.8 Å². The molecule has 0 aromatic heterocycles. The van der Waals surface area contributed by atoms with Crippen molar-refractivity contribution < 1.29 is 33.4 Å². The van der Waals surface area contributed by atoms with Crippen molar-refractivity contribution in [3.05, 3.63) is 24.3 Å². The van der Waals surface area contributed by atoms with Gasteiger partial charge in [-0.2, -0.15) is 0 Å². The highest BCUT2D eigenvalue weighted by Crippen LogP contribution is 1.91. The minimum atomic E-state index is -0.703. The van der Waals surface area contributed by atoms with Gasteiger partial charge in [0, 0.05) is 11.1 Å². The maximum atomic E-state index is 11.4. The van der Waals surface area contributed by atoms with Gasteiger partial charge in [0.15, 0.2) is 0 Å². The molecule has 0 bridgehead atoms. The lowest BCUT2D eigenvalue weighted by atomic mass is 10.4. The van der Waals surface area contributed by atoms with Crippen molar-refractivity contribution in [1.82, 2.24) is 16.0 Å². The van der Waals surface area contributed by atoms with Crippen molar-refractivity contribution in [2.75, 3.05) is 39.5 Å². The summed E-state index contributed by atoms with van der Waals surface area (Å²) in [5.41, 5.74) is 0.546. The zero-order chi connectivity index (χ0) is 19.9. The third-order valence-corrected chi connectivity index (χ3v) is 2.54. The standard InChI is InChI=1S/C16H25N3O7/c1-11(2)13(20)24-8-5-17-15(22)18-6-10-26-16(23)19-7-9-25-14(21)12(3)4/h1,3,5-10H2,2,4H3,(H,19,23)(H2,17,18,22). The Bertz CT molecular complexity index is 498. The Morgan fingerprint density at radius 2 is 1.08 bits per heavy atom. The fraction of sp³-hybridized carbons (Fsp3) is 0.500. The van der Waals surface area contributed by atoms with Crippen molar-refractivity contribution >= 4 is 24.1 Å². The molecule has 0 saturated carbocycles. The first-order chi connectivity index (χ1) is 12.2. The highest BCUT2D eigenvalue weighted by atomic mass is 16.6. The molecule has 26 heavy (non-hydrogen) atoms. The Morgan fingerprint density at radius 1 is 0.692 bits per heavy atom. The lowest BCUT2D eigenvalue weighted by Gasteiger charge is -2.09. The zero-order valence-electron chi connectivity index (χ0n) is 15.0. The summed E-state index contributed by atoms with van der Waals surface area (Å²) in [5, 5.41) is 7.28. The predicted octanol–water partition coefficient (Wildman–Crippen LogP) is 0.250. The molecule has 3 N–H and O–H groups in total. The van der Waals surface area contributed by atoms with Gasteiger partial charge < -0.3 is 30.2 Å². The molecule has 0 spiro atoms. The van der Waals surface area contributed by atoms with Gasteiger partial charge in [-0.25, -0.2) is 19.2 Å². The molecule has 0 heterocycles. The SMILES string of the molecule is C=C(C)C(=O)OCCNC(=O)NCCOC(=O)NCCOC(=O)C(=C)C. The predicted molar refractivity (Wildman–Crippen MR) is 92.3 cm³/mol. The first-order valence-corrected chi connectivity index (χ1v) is 7.81. The van der Waals surface area contributed by atoms with Gasteiger partial charge in [-0.1, -0.05) is 13.2 Å². The summed E-state index contributed by atoms with van der Waals surface area (Å²) < 4.78 is 14.4. The molecule has 0 aliphatic carbocycles. The lowest BCUT2D eigenvalue weighted by Crippen LogP contribution is -2.39. The van der Waals surface area contributed by atoms with Crippen LogP contribution in [0.2, 0.25) is 0 Å². The van der Waals surface area contributed by atoms with Crippen molar-refractivity contribution in [3.8, 4) is 0 Å². The maximum absolute atomic E-state index is 11.4. The number of ether oxygens (including phenoxy) is 3. The molecule has 0 radical (unpaired) electrons. The molecule has 0 unspecified atom stereocenters. The number of urea groups is 1. The van der Waals surface area contributed by atoms with E-state index in [9.17, 15) is 19.2 Å². The van der Waals surface area contributed by atoms with Crippen LogP contribution in [0.3, 0.4) is 0 Å². The molecule has 10 nitrogen and oxygen atoms in total. The van der Waals surface area contributed by atoms with Crippen LogP contribution in [0.25, 0.3) is 0 Å². The molecular formula is C16H25N3O7. The second kappa shape index (κ2) is 13.3. The highest BCUT2D eigenvalue weighted by molar-refractivity contribution is 5.87. The van der Waals surface area contributed by atoms with Crippen LogP contribution in [0.4, 0.5) is 9.59 Å². The number of carbonyl (C=O) groups is 4. The summed E-state index contributed by atoms with van der Waals surface area (Å²) in [4.78, 5) is 44.9. The van der Waals surface area contributed by atoms with E-state index in [4.69, 9.17) is 14.2 Å². The van der Waals surface area contributed by atoms with E-state index in [1.807, 2.05) is 0 Å². The van der Waals surface area contributed by atoms with E-state index in [2.05, 4.69) is 29.1 Å². The van der Waals surface area contributed by atoms with Crippen LogP contribution in [-0.4, -0.2) is 63.5 Å². The summed E-state index contributed by atoms with van der Waals surface area (Å²) in [5.74, 6) is -1.06. The summed E-state index contributed by atoms with van der Waals surface area (Å²) in [6.07, 6.45) is -0.703. The van der Waals surface area contributed by atoms with Gasteiger partial charge in [-0.3, -0.25) is 0 Å². The number of carbonyl (C=O) groups excluding carboxylic acids is 4. The van der Waals surface area contributed by atoms with E-state index >= 15 is 0 Å². The topological polar surface area (TPSA) is 132 Å². The van der Waals surface area contributed by atoms with Gasteiger partial charge in [0.25, 0.3) is 0 Å². The number of hydrogen-bond acceptors (Lipinski definition) is 7. The molecule has 0 saturated heterocycles. The Labute approximate surface area is 151 Å². The Morgan fingerprint density at radius 3 is 1.50 bits per heavy atom. The minimum Gasteiger partial charge on any atom is -0.460 e. The van der Waals surface area contributed by atoms with Crippen LogP contribution in [0, 0.1) is 0 Å². The quantitative estimate of drug-likeness (QED) is 0.205. The fourth-order valence-corrected chi connectivity index (χ4v) is 1.27. The molecule has 3 amide bonds. The van der Waals surface area contributed by atoms with Crippen LogP contribution in [0.1, 0.15) is 13.8 Å². The van der Waals surface area contributed by atoms with Gasteiger partial charge in [0.1, 0.15) is 19.8 Å². The molecule has 0 aliphatic heterocycles. The van der Waals surface area contributed by atoms with E-state index in [-0.39, 0.29) is 50.6 Å². The van der Waals surface area contributed by atoms with Crippen molar-refractivity contribution in [3.63, 3.8) is 0 Å². The fourth-order valence-electron chi connectivity index (χ4n) is 1.27. The van der Waals surface area contributed by atoms with Crippen molar-refractivity contribution in [2.45, 2.75) is 13.8 Å². The molecule has 0 rings (SSSR count).